The van der Waals surface area contributed by atoms with Crippen molar-refractivity contribution < 1.29 is 14.6 Å². The van der Waals surface area contributed by atoms with E-state index in [-0.39, 0.29) is 11.3 Å². The number of rotatable bonds is 7. The van der Waals surface area contributed by atoms with Crippen LogP contribution in [-0.4, -0.2) is 22.3 Å². The van der Waals surface area contributed by atoms with Crippen LogP contribution in [0.25, 0.3) is 5.57 Å². The highest BCUT2D eigenvalue weighted by molar-refractivity contribution is 5.73. The van der Waals surface area contributed by atoms with E-state index in [1.54, 1.807) is 0 Å². The van der Waals surface area contributed by atoms with Crippen LogP contribution in [0, 0.1) is 34.5 Å². The van der Waals surface area contributed by atoms with E-state index in [2.05, 4.69) is 73.4 Å². The van der Waals surface area contributed by atoms with Crippen LogP contribution in [0.15, 0.2) is 85.1 Å². The van der Waals surface area contributed by atoms with E-state index in [4.69, 9.17) is 9.47 Å². The molecule has 4 aliphatic rings. The molecule has 42 heavy (non-hydrogen) atoms. The topological polar surface area (TPSA) is 51.6 Å². The van der Waals surface area contributed by atoms with Gasteiger partial charge in [0, 0.05) is 18.2 Å². The lowest BCUT2D eigenvalue weighted by Crippen LogP contribution is -2.55. The summed E-state index contributed by atoms with van der Waals surface area (Å²) in [5.41, 5.74) is 5.14. The molecule has 3 aromatic rings. The molecule has 0 unspecified atom stereocenters. The minimum absolute atomic E-state index is 0.0200. The molecule has 0 radical (unpaired) electrons. The molecule has 1 N–H and O–H groups in total. The van der Waals surface area contributed by atoms with Crippen LogP contribution in [0.5, 0.6) is 5.88 Å². The zero-order valence-corrected chi connectivity index (χ0v) is 25.1. The Morgan fingerprint density at radius 1 is 0.833 bits per heavy atom. The Hall–Kier alpha value is -2.95. The van der Waals surface area contributed by atoms with Crippen molar-refractivity contribution >= 4 is 5.57 Å². The van der Waals surface area contributed by atoms with Gasteiger partial charge in [-0.05, 0) is 102 Å². The smallest absolute Gasteiger partial charge is 0.213 e. The van der Waals surface area contributed by atoms with Gasteiger partial charge in [-0.2, -0.15) is 0 Å². The van der Waals surface area contributed by atoms with Crippen molar-refractivity contribution in [1.29, 1.82) is 0 Å². The molecule has 0 aliphatic heterocycles. The molecule has 3 saturated carbocycles. The van der Waals surface area contributed by atoms with Crippen LogP contribution in [-0.2, 0) is 18.0 Å². The van der Waals surface area contributed by atoms with Gasteiger partial charge in [-0.1, -0.05) is 80.6 Å². The van der Waals surface area contributed by atoms with Gasteiger partial charge < -0.3 is 14.6 Å². The zero-order valence-electron chi connectivity index (χ0n) is 25.1. The predicted molar refractivity (Wildman–Crippen MR) is 167 cm³/mol. The van der Waals surface area contributed by atoms with E-state index < -0.39 is 6.10 Å². The summed E-state index contributed by atoms with van der Waals surface area (Å²) in [6.45, 7) is 6.23. The maximum absolute atomic E-state index is 11.6. The van der Waals surface area contributed by atoms with Gasteiger partial charge in [-0.3, -0.25) is 0 Å². The van der Waals surface area contributed by atoms with Gasteiger partial charge in [0.1, 0.15) is 6.61 Å². The number of aliphatic hydroxyl groups is 1. The van der Waals surface area contributed by atoms with Crippen molar-refractivity contribution in [2.75, 3.05) is 0 Å². The number of nitrogens with zero attached hydrogens (tertiary/aromatic N) is 1. The zero-order chi connectivity index (χ0) is 28.7. The Morgan fingerprint density at radius 3 is 2.29 bits per heavy atom. The summed E-state index contributed by atoms with van der Waals surface area (Å²) in [6.07, 6.45) is 12.5. The summed E-state index contributed by atoms with van der Waals surface area (Å²) < 4.78 is 12.4. The predicted octanol–water partition coefficient (Wildman–Crippen LogP) is 8.25. The lowest BCUT2D eigenvalue weighted by molar-refractivity contribution is -0.139. The van der Waals surface area contributed by atoms with Gasteiger partial charge in [0.05, 0.1) is 18.8 Å². The first-order valence-electron chi connectivity index (χ1n) is 16.1. The van der Waals surface area contributed by atoms with Crippen LogP contribution in [0.2, 0.25) is 0 Å². The highest BCUT2D eigenvalue weighted by Gasteiger charge is 2.60. The number of allylic oxidation sites excluding steroid dienone is 1. The van der Waals surface area contributed by atoms with Gasteiger partial charge in [-0.25, -0.2) is 4.98 Å². The average molecular weight is 564 g/mol. The number of fused-ring (bicyclic) bond motifs is 5. The summed E-state index contributed by atoms with van der Waals surface area (Å²) in [5.74, 6) is 2.89. The quantitative estimate of drug-likeness (QED) is 0.314. The fraction of sp³-hybridized carbons (Fsp3) is 0.500. The Kier molecular flexibility index (Phi) is 7.48. The Morgan fingerprint density at radius 2 is 1.57 bits per heavy atom. The molecular weight excluding hydrogens is 518 g/mol. The number of ether oxygens (including phenoxy) is 2. The lowest BCUT2D eigenvalue weighted by atomic mass is 9.44. The highest BCUT2D eigenvalue weighted by atomic mass is 16.5. The van der Waals surface area contributed by atoms with E-state index in [1.165, 1.54) is 43.2 Å². The molecule has 1 heterocycles. The first-order chi connectivity index (χ1) is 20.4. The van der Waals surface area contributed by atoms with Crippen LogP contribution in [0.3, 0.4) is 0 Å². The molecular formula is C38H45NO3. The van der Waals surface area contributed by atoms with Crippen LogP contribution in [0.4, 0.5) is 0 Å². The van der Waals surface area contributed by atoms with E-state index in [0.717, 1.165) is 36.5 Å². The Bertz CT molecular complexity index is 1390. The second-order valence-corrected chi connectivity index (χ2v) is 14.0. The summed E-state index contributed by atoms with van der Waals surface area (Å²) in [6, 6.07) is 24.9. The fourth-order valence-corrected chi connectivity index (χ4v) is 9.60. The van der Waals surface area contributed by atoms with Gasteiger partial charge >= 0.3 is 0 Å². The third kappa shape index (κ3) is 5.01. The van der Waals surface area contributed by atoms with Gasteiger partial charge in [-0.15, -0.1) is 0 Å². The largest absolute Gasteiger partial charge is 0.473 e. The molecule has 4 heteroatoms. The summed E-state index contributed by atoms with van der Waals surface area (Å²) in [4.78, 5) is 4.66. The molecule has 4 aliphatic carbocycles. The number of aliphatic hydroxyl groups excluding tert-OH is 1. The number of pyridine rings is 1. The molecule has 4 nitrogen and oxygen atoms in total. The van der Waals surface area contributed by atoms with Crippen molar-refractivity contribution in [2.45, 2.75) is 84.2 Å². The standard InChI is InChI=1S/C38H45NO3/c1-37-19-17-30(41-24-26-9-5-3-6-10-26)21-29(37)14-15-31-32(37)18-20-38(2)33(22-34(40)36(31)38)28-13-16-35(39-23-28)42-25-27-11-7-4-8-12-27/h3-13,16,22-23,29-32,34,36,40H,14-15,17-21,24-25H2,1-2H3/t29-,30+,31-,32+,34-,36-,37+,38-/m1/s1. The monoisotopic (exact) mass is 563 g/mol. The highest BCUT2D eigenvalue weighted by Crippen LogP contribution is 2.67. The number of aromatic nitrogens is 1. The first-order valence-corrected chi connectivity index (χ1v) is 16.1. The summed E-state index contributed by atoms with van der Waals surface area (Å²) in [7, 11) is 0. The molecule has 3 fully saturated rings. The number of hydrogen-bond acceptors (Lipinski definition) is 4. The van der Waals surface area contributed by atoms with Crippen LogP contribution in [0.1, 0.15) is 75.5 Å². The van der Waals surface area contributed by atoms with Gasteiger partial charge in [0.2, 0.25) is 5.88 Å². The fourth-order valence-electron chi connectivity index (χ4n) is 9.60. The Labute approximate surface area is 251 Å². The second-order valence-electron chi connectivity index (χ2n) is 14.0. The SMILES string of the molecule is C[C@]12CC[C@H](OCc3ccccc3)C[C@H]1CC[C@H]1[C@@H]3[C@H](O)C=C(c4ccc(OCc5ccccc5)nc4)[C@@]3(C)CC[C@@H]12. The third-order valence-corrected chi connectivity index (χ3v) is 11.8. The summed E-state index contributed by atoms with van der Waals surface area (Å²) in [5, 5.41) is 11.6. The van der Waals surface area contributed by atoms with Crippen molar-refractivity contribution in [3.63, 3.8) is 0 Å². The van der Waals surface area contributed by atoms with Crippen LogP contribution < -0.4 is 4.74 Å². The normalized spacial score (nSPS) is 35.5. The molecule has 8 atom stereocenters. The van der Waals surface area contributed by atoms with Crippen molar-refractivity contribution in [1.82, 2.24) is 4.98 Å². The minimum Gasteiger partial charge on any atom is -0.473 e. The molecule has 2 aromatic carbocycles. The van der Waals surface area contributed by atoms with E-state index in [0.29, 0.717) is 35.8 Å². The maximum Gasteiger partial charge on any atom is 0.213 e. The molecule has 220 valence electrons. The average Bonchev–Trinajstić information content (AvgIpc) is 3.30. The summed E-state index contributed by atoms with van der Waals surface area (Å²) >= 11 is 0. The molecule has 7 rings (SSSR count). The molecule has 0 bridgehead atoms. The van der Waals surface area contributed by atoms with E-state index >= 15 is 0 Å². The van der Waals surface area contributed by atoms with Crippen molar-refractivity contribution in [3.8, 4) is 5.88 Å². The minimum atomic E-state index is -0.391. The van der Waals surface area contributed by atoms with Crippen molar-refractivity contribution in [2.24, 2.45) is 34.5 Å². The lowest BCUT2D eigenvalue weighted by Gasteiger charge is -2.61. The van der Waals surface area contributed by atoms with Crippen molar-refractivity contribution in [3.05, 3.63) is 102 Å². The molecule has 0 amide bonds. The number of benzene rings is 2. The number of hydrogen-bond donors (Lipinski definition) is 1. The molecule has 0 saturated heterocycles. The van der Waals surface area contributed by atoms with E-state index in [1.807, 2.05) is 30.5 Å². The van der Waals surface area contributed by atoms with E-state index in [9.17, 15) is 5.11 Å². The Balaban J connectivity index is 1.02. The molecule has 1 aromatic heterocycles. The van der Waals surface area contributed by atoms with Crippen LogP contribution >= 0.6 is 0 Å². The molecule has 0 spiro atoms. The third-order valence-electron chi connectivity index (χ3n) is 11.8. The maximum atomic E-state index is 11.6. The van der Waals surface area contributed by atoms with Gasteiger partial charge in [0.15, 0.2) is 0 Å². The second kappa shape index (κ2) is 11.3. The van der Waals surface area contributed by atoms with Gasteiger partial charge in [0.25, 0.3) is 0 Å². The first kappa shape index (κ1) is 27.9.